The predicted molar refractivity (Wildman–Crippen MR) is 46.3 cm³/mol. The molecule has 5 heteroatoms. The van der Waals surface area contributed by atoms with E-state index < -0.39 is 24.5 Å². The Morgan fingerprint density at radius 1 is 1.57 bits per heavy atom. The molecule has 0 rings (SSSR count). The van der Waals surface area contributed by atoms with Gasteiger partial charge in [0.2, 0.25) is 5.91 Å². The maximum absolute atomic E-state index is 11.7. The second kappa shape index (κ2) is 5.53. The van der Waals surface area contributed by atoms with Crippen LogP contribution in [0.4, 0.5) is 13.2 Å². The largest absolute Gasteiger partial charge is 0.397 e. The Labute approximate surface area is 80.9 Å². The van der Waals surface area contributed by atoms with Crippen LogP contribution in [-0.4, -0.2) is 18.1 Å². The van der Waals surface area contributed by atoms with Crippen LogP contribution < -0.4 is 5.32 Å². The number of hydrogen-bond donors (Lipinski definition) is 1. The van der Waals surface area contributed by atoms with Crippen molar-refractivity contribution in [1.82, 2.24) is 5.32 Å². The van der Waals surface area contributed by atoms with Gasteiger partial charge in [0.25, 0.3) is 0 Å². The van der Waals surface area contributed by atoms with E-state index in [1.807, 2.05) is 6.92 Å². The molecule has 0 saturated heterocycles. The normalized spacial score (nSPS) is 13.1. The van der Waals surface area contributed by atoms with Crippen LogP contribution in [0, 0.1) is 12.3 Å². The van der Waals surface area contributed by atoms with Gasteiger partial charge in [-0.1, -0.05) is 19.3 Å². The third kappa shape index (κ3) is 6.35. The molecule has 0 aliphatic carbocycles. The highest BCUT2D eigenvalue weighted by Crippen LogP contribution is 2.19. The second-order valence-electron chi connectivity index (χ2n) is 2.87. The molecule has 0 heterocycles. The van der Waals surface area contributed by atoms with Gasteiger partial charge >= 0.3 is 6.18 Å². The van der Waals surface area contributed by atoms with E-state index >= 15 is 0 Å². The van der Waals surface area contributed by atoms with Crippen molar-refractivity contribution in [2.24, 2.45) is 0 Å². The predicted octanol–water partition coefficient (Wildman–Crippen LogP) is 1.86. The lowest BCUT2D eigenvalue weighted by Gasteiger charge is -2.12. The van der Waals surface area contributed by atoms with E-state index in [-0.39, 0.29) is 0 Å². The number of nitrogens with one attached hydrogen (secondary N) is 1. The molecule has 14 heavy (non-hydrogen) atoms. The van der Waals surface area contributed by atoms with E-state index in [4.69, 9.17) is 6.42 Å². The minimum Gasteiger partial charge on any atom is -0.342 e. The van der Waals surface area contributed by atoms with E-state index in [1.54, 1.807) is 0 Å². The van der Waals surface area contributed by atoms with Crippen molar-refractivity contribution < 1.29 is 18.0 Å². The average Bonchev–Trinajstić information content (AvgIpc) is 2.00. The van der Waals surface area contributed by atoms with Crippen molar-refractivity contribution in [2.75, 3.05) is 0 Å². The van der Waals surface area contributed by atoms with Crippen molar-refractivity contribution in [3.63, 3.8) is 0 Å². The topological polar surface area (TPSA) is 29.1 Å². The van der Waals surface area contributed by atoms with E-state index in [2.05, 4.69) is 11.2 Å². The van der Waals surface area contributed by atoms with Gasteiger partial charge in [0, 0.05) is 0 Å². The van der Waals surface area contributed by atoms with E-state index in [0.29, 0.717) is 12.8 Å². The molecule has 80 valence electrons. The summed E-state index contributed by atoms with van der Waals surface area (Å²) in [6.45, 7) is 1.83. The zero-order chi connectivity index (χ0) is 11.2. The third-order valence-corrected chi connectivity index (χ3v) is 1.47. The molecule has 1 unspecified atom stereocenters. The Morgan fingerprint density at radius 2 is 2.14 bits per heavy atom. The first-order chi connectivity index (χ1) is 6.39. The van der Waals surface area contributed by atoms with Crippen LogP contribution in [0.3, 0.4) is 0 Å². The molecule has 0 saturated carbocycles. The van der Waals surface area contributed by atoms with Gasteiger partial charge in [-0.25, -0.2) is 0 Å². The van der Waals surface area contributed by atoms with Crippen LogP contribution in [0.1, 0.15) is 26.2 Å². The quantitative estimate of drug-likeness (QED) is 0.700. The lowest BCUT2D eigenvalue weighted by atomic mass is 10.2. The molecule has 0 radical (unpaired) electrons. The molecule has 0 spiro atoms. The number of rotatable bonds is 4. The lowest BCUT2D eigenvalue weighted by Crippen LogP contribution is -2.36. The van der Waals surface area contributed by atoms with Crippen LogP contribution in [-0.2, 0) is 4.79 Å². The molecule has 1 N–H and O–H groups in total. The molecule has 0 aromatic heterocycles. The summed E-state index contributed by atoms with van der Waals surface area (Å²) in [4.78, 5) is 10.8. The summed E-state index contributed by atoms with van der Waals surface area (Å²) in [6.07, 6.45) is 0.267. The number of hydrogen-bond acceptors (Lipinski definition) is 1. The summed E-state index contributed by atoms with van der Waals surface area (Å²) in [5.74, 6) is 1.15. The number of amides is 1. The van der Waals surface area contributed by atoms with Crippen molar-refractivity contribution >= 4 is 5.91 Å². The molecule has 0 aliphatic rings. The fourth-order valence-electron chi connectivity index (χ4n) is 0.913. The van der Waals surface area contributed by atoms with Gasteiger partial charge < -0.3 is 5.32 Å². The van der Waals surface area contributed by atoms with Gasteiger partial charge in [0.05, 0.1) is 6.04 Å². The summed E-state index contributed by atoms with van der Waals surface area (Å²) in [5.41, 5.74) is 0. The second-order valence-corrected chi connectivity index (χ2v) is 2.87. The van der Waals surface area contributed by atoms with Gasteiger partial charge in [-0.15, -0.1) is 6.42 Å². The number of alkyl halides is 3. The fourth-order valence-corrected chi connectivity index (χ4v) is 0.913. The molecule has 0 fully saturated rings. The third-order valence-electron chi connectivity index (χ3n) is 1.47. The summed E-state index contributed by atoms with van der Waals surface area (Å²) in [6, 6.07) is -0.602. The van der Waals surface area contributed by atoms with Crippen molar-refractivity contribution in [1.29, 1.82) is 0 Å². The molecular weight excluding hydrogens is 195 g/mol. The highest BCUT2D eigenvalue weighted by molar-refractivity contribution is 5.77. The van der Waals surface area contributed by atoms with Crippen molar-refractivity contribution in [2.45, 2.75) is 38.4 Å². The molecule has 2 nitrogen and oxygen atoms in total. The van der Waals surface area contributed by atoms with E-state index in [0.717, 1.165) is 0 Å². The number of carbonyl (C=O) groups excluding carboxylic acids is 1. The molecule has 0 aromatic carbocycles. The first kappa shape index (κ1) is 12.8. The van der Waals surface area contributed by atoms with Crippen LogP contribution in [0.15, 0.2) is 0 Å². The van der Waals surface area contributed by atoms with Crippen LogP contribution in [0.2, 0.25) is 0 Å². The Balaban J connectivity index is 3.99. The van der Waals surface area contributed by atoms with Crippen molar-refractivity contribution in [3.8, 4) is 12.3 Å². The SMILES string of the molecule is C#CC(CCC)NC(=O)CC(F)(F)F. The standard InChI is InChI=1S/C9H12F3NO/c1-3-5-7(4-2)13-8(14)6-9(10,11)12/h2,7H,3,5-6H2,1H3,(H,13,14). The Morgan fingerprint density at radius 3 is 2.50 bits per heavy atom. The highest BCUT2D eigenvalue weighted by atomic mass is 19.4. The number of halogens is 3. The average molecular weight is 207 g/mol. The monoisotopic (exact) mass is 207 g/mol. The molecular formula is C9H12F3NO. The minimum atomic E-state index is -4.48. The van der Waals surface area contributed by atoms with Crippen LogP contribution in [0.5, 0.6) is 0 Å². The molecule has 1 atom stereocenters. The fraction of sp³-hybridized carbons (Fsp3) is 0.667. The first-order valence-electron chi connectivity index (χ1n) is 4.21. The smallest absolute Gasteiger partial charge is 0.342 e. The van der Waals surface area contributed by atoms with Gasteiger partial charge in [-0.05, 0) is 6.42 Å². The molecule has 1 amide bonds. The molecule has 0 aromatic rings. The summed E-state index contributed by atoms with van der Waals surface area (Å²) < 4.78 is 35.2. The summed E-state index contributed by atoms with van der Waals surface area (Å²) >= 11 is 0. The van der Waals surface area contributed by atoms with Crippen LogP contribution >= 0.6 is 0 Å². The number of terminal acetylenes is 1. The lowest BCUT2D eigenvalue weighted by molar-refractivity contribution is -0.154. The zero-order valence-electron chi connectivity index (χ0n) is 7.82. The highest BCUT2D eigenvalue weighted by Gasteiger charge is 2.31. The van der Waals surface area contributed by atoms with Gasteiger partial charge in [-0.2, -0.15) is 13.2 Å². The van der Waals surface area contributed by atoms with E-state index in [9.17, 15) is 18.0 Å². The zero-order valence-corrected chi connectivity index (χ0v) is 7.82. The van der Waals surface area contributed by atoms with E-state index in [1.165, 1.54) is 0 Å². The summed E-state index contributed by atoms with van der Waals surface area (Å²) in [5, 5.41) is 2.13. The van der Waals surface area contributed by atoms with Gasteiger partial charge in [0.15, 0.2) is 0 Å². The maximum atomic E-state index is 11.7. The number of carbonyl (C=O) groups is 1. The summed E-state index contributed by atoms with van der Waals surface area (Å²) in [7, 11) is 0. The maximum Gasteiger partial charge on any atom is 0.397 e. The van der Waals surface area contributed by atoms with Crippen LogP contribution in [0.25, 0.3) is 0 Å². The van der Waals surface area contributed by atoms with Crippen molar-refractivity contribution in [3.05, 3.63) is 0 Å². The van der Waals surface area contributed by atoms with Gasteiger partial charge in [-0.3, -0.25) is 4.79 Å². The Hall–Kier alpha value is -1.18. The Kier molecular flexibility index (Phi) is 5.06. The molecule has 0 bridgehead atoms. The van der Waals surface area contributed by atoms with Gasteiger partial charge in [0.1, 0.15) is 6.42 Å². The minimum absolute atomic E-state index is 0.486. The Bertz CT molecular complexity index is 229. The molecule has 0 aliphatic heterocycles. The first-order valence-corrected chi connectivity index (χ1v) is 4.21.